The smallest absolute Gasteiger partial charge is 0.0239 e. The van der Waals surface area contributed by atoms with Crippen molar-refractivity contribution in [1.29, 1.82) is 0 Å². The zero-order chi connectivity index (χ0) is 11.0. The third-order valence-corrected chi connectivity index (χ3v) is 4.20. The molecule has 1 aliphatic heterocycles. The molecule has 0 radical (unpaired) electrons. The van der Waals surface area contributed by atoms with Gasteiger partial charge in [0.1, 0.15) is 0 Å². The Bertz CT molecular complexity index is 369. The van der Waals surface area contributed by atoms with E-state index in [1.807, 2.05) is 0 Å². The van der Waals surface area contributed by atoms with Crippen molar-refractivity contribution in [3.05, 3.63) is 35.4 Å². The largest absolute Gasteiger partial charge is 0.317 e. The fraction of sp³-hybridized carbons (Fsp3) is 0.571. The molecular formula is C14H20N2. The van der Waals surface area contributed by atoms with E-state index in [1.165, 1.54) is 25.8 Å². The predicted octanol–water partition coefficient (Wildman–Crippen LogP) is 1.80. The number of rotatable bonds is 2. The van der Waals surface area contributed by atoms with Crippen LogP contribution in [0.1, 0.15) is 24.0 Å². The average molecular weight is 216 g/mol. The average Bonchev–Trinajstić information content (AvgIpc) is 2.27. The van der Waals surface area contributed by atoms with Gasteiger partial charge in [0.2, 0.25) is 0 Å². The van der Waals surface area contributed by atoms with Crippen molar-refractivity contribution in [1.82, 2.24) is 10.2 Å². The molecule has 3 rings (SSSR count). The molecule has 0 aromatic heterocycles. The standard InChI is InChI=1S/C14H20N2/c1-15-13-8-14(9-13)16-7-6-11-4-2-3-5-12(11)10-16/h2-5,13-15H,6-10H2,1H3. The van der Waals surface area contributed by atoms with Gasteiger partial charge in [0.25, 0.3) is 0 Å². The molecule has 0 saturated heterocycles. The summed E-state index contributed by atoms with van der Waals surface area (Å²) >= 11 is 0. The minimum Gasteiger partial charge on any atom is -0.317 e. The van der Waals surface area contributed by atoms with E-state index < -0.39 is 0 Å². The third kappa shape index (κ3) is 1.76. The molecule has 2 heteroatoms. The second kappa shape index (κ2) is 4.19. The zero-order valence-corrected chi connectivity index (χ0v) is 9.95. The lowest BCUT2D eigenvalue weighted by Gasteiger charge is -2.44. The molecule has 0 atom stereocenters. The quantitative estimate of drug-likeness (QED) is 0.811. The monoisotopic (exact) mass is 216 g/mol. The molecule has 86 valence electrons. The van der Waals surface area contributed by atoms with Gasteiger partial charge in [0, 0.05) is 25.2 Å². The maximum absolute atomic E-state index is 3.36. The van der Waals surface area contributed by atoms with Gasteiger partial charge in [-0.15, -0.1) is 0 Å². The van der Waals surface area contributed by atoms with Gasteiger partial charge < -0.3 is 5.32 Å². The lowest BCUT2D eigenvalue weighted by Crippen LogP contribution is -2.52. The number of benzene rings is 1. The van der Waals surface area contributed by atoms with Gasteiger partial charge in [-0.1, -0.05) is 24.3 Å². The lowest BCUT2D eigenvalue weighted by molar-refractivity contribution is 0.0873. The molecule has 1 fully saturated rings. The summed E-state index contributed by atoms with van der Waals surface area (Å²) < 4.78 is 0. The number of hydrogen-bond acceptors (Lipinski definition) is 2. The van der Waals surface area contributed by atoms with Crippen molar-refractivity contribution < 1.29 is 0 Å². The molecular weight excluding hydrogens is 196 g/mol. The van der Waals surface area contributed by atoms with Crippen LogP contribution in [0.5, 0.6) is 0 Å². The zero-order valence-electron chi connectivity index (χ0n) is 9.95. The van der Waals surface area contributed by atoms with Crippen LogP contribution in [0, 0.1) is 0 Å². The first-order valence-electron chi connectivity index (χ1n) is 6.35. The molecule has 1 heterocycles. The molecule has 16 heavy (non-hydrogen) atoms. The van der Waals surface area contributed by atoms with Crippen LogP contribution >= 0.6 is 0 Å². The van der Waals surface area contributed by atoms with Gasteiger partial charge in [-0.2, -0.15) is 0 Å². The minimum atomic E-state index is 0.766. The molecule has 1 aromatic carbocycles. The third-order valence-electron chi connectivity index (χ3n) is 4.20. The summed E-state index contributed by atoms with van der Waals surface area (Å²) in [5, 5.41) is 3.36. The normalized spacial score (nSPS) is 29.6. The summed E-state index contributed by atoms with van der Waals surface area (Å²) in [6.07, 6.45) is 3.90. The molecule has 1 aromatic rings. The van der Waals surface area contributed by atoms with Crippen LogP contribution in [-0.4, -0.2) is 30.6 Å². The topological polar surface area (TPSA) is 15.3 Å². The van der Waals surface area contributed by atoms with Crippen molar-refractivity contribution in [2.75, 3.05) is 13.6 Å². The summed E-state index contributed by atoms with van der Waals surface area (Å²) in [6, 6.07) is 10.5. The Balaban J connectivity index is 1.65. The Morgan fingerprint density at radius 3 is 2.69 bits per heavy atom. The fourth-order valence-electron chi connectivity index (χ4n) is 2.95. The SMILES string of the molecule is CNC1CC(N2CCc3ccccc3C2)C1. The Labute approximate surface area is 97.6 Å². The summed E-state index contributed by atoms with van der Waals surface area (Å²) in [6.45, 7) is 2.41. The number of fused-ring (bicyclic) bond motifs is 1. The molecule has 2 nitrogen and oxygen atoms in total. The second-order valence-electron chi connectivity index (χ2n) is 5.10. The van der Waals surface area contributed by atoms with E-state index in [0.717, 1.165) is 18.6 Å². The molecule has 0 unspecified atom stereocenters. The molecule has 2 aliphatic rings. The van der Waals surface area contributed by atoms with Crippen molar-refractivity contribution in [2.24, 2.45) is 0 Å². The van der Waals surface area contributed by atoms with Crippen LogP contribution in [0.25, 0.3) is 0 Å². The van der Waals surface area contributed by atoms with Gasteiger partial charge in [-0.3, -0.25) is 4.90 Å². The predicted molar refractivity (Wildman–Crippen MR) is 66.4 cm³/mol. The van der Waals surface area contributed by atoms with Crippen molar-refractivity contribution in [2.45, 2.75) is 37.9 Å². The van der Waals surface area contributed by atoms with Crippen LogP contribution in [0.15, 0.2) is 24.3 Å². The Hall–Kier alpha value is -0.860. The summed E-state index contributed by atoms with van der Waals surface area (Å²) in [5.74, 6) is 0. The van der Waals surface area contributed by atoms with E-state index in [1.54, 1.807) is 11.1 Å². The van der Waals surface area contributed by atoms with Crippen LogP contribution in [0.2, 0.25) is 0 Å². The van der Waals surface area contributed by atoms with Gasteiger partial charge in [-0.05, 0) is 37.4 Å². The number of nitrogens with zero attached hydrogens (tertiary/aromatic N) is 1. The maximum atomic E-state index is 3.36. The van der Waals surface area contributed by atoms with Crippen LogP contribution in [0.4, 0.5) is 0 Å². The first-order valence-corrected chi connectivity index (χ1v) is 6.35. The van der Waals surface area contributed by atoms with E-state index in [2.05, 4.69) is 41.5 Å². The Kier molecular flexibility index (Phi) is 2.70. The molecule has 1 saturated carbocycles. The highest BCUT2D eigenvalue weighted by Crippen LogP contribution is 2.29. The van der Waals surface area contributed by atoms with E-state index in [9.17, 15) is 0 Å². The van der Waals surface area contributed by atoms with Gasteiger partial charge in [0.05, 0.1) is 0 Å². The first-order chi connectivity index (χ1) is 7.86. The van der Waals surface area contributed by atoms with Crippen LogP contribution in [0.3, 0.4) is 0 Å². The first kappa shape index (κ1) is 10.3. The van der Waals surface area contributed by atoms with Crippen LogP contribution < -0.4 is 5.32 Å². The Morgan fingerprint density at radius 2 is 1.94 bits per heavy atom. The number of hydrogen-bond donors (Lipinski definition) is 1. The fourth-order valence-corrected chi connectivity index (χ4v) is 2.95. The Morgan fingerprint density at radius 1 is 1.19 bits per heavy atom. The second-order valence-corrected chi connectivity index (χ2v) is 5.10. The molecule has 1 N–H and O–H groups in total. The summed E-state index contributed by atoms with van der Waals surface area (Å²) in [7, 11) is 2.08. The number of nitrogens with one attached hydrogen (secondary N) is 1. The maximum Gasteiger partial charge on any atom is 0.0239 e. The lowest BCUT2D eigenvalue weighted by atomic mass is 9.84. The van der Waals surface area contributed by atoms with E-state index in [0.29, 0.717) is 0 Å². The molecule has 0 spiro atoms. The van der Waals surface area contributed by atoms with Crippen molar-refractivity contribution in [3.63, 3.8) is 0 Å². The van der Waals surface area contributed by atoms with Gasteiger partial charge >= 0.3 is 0 Å². The van der Waals surface area contributed by atoms with Crippen LogP contribution in [-0.2, 0) is 13.0 Å². The highest BCUT2D eigenvalue weighted by atomic mass is 15.2. The van der Waals surface area contributed by atoms with E-state index in [4.69, 9.17) is 0 Å². The highest BCUT2D eigenvalue weighted by molar-refractivity contribution is 5.29. The van der Waals surface area contributed by atoms with Crippen molar-refractivity contribution >= 4 is 0 Å². The highest BCUT2D eigenvalue weighted by Gasteiger charge is 2.33. The minimum absolute atomic E-state index is 0.766. The molecule has 1 aliphatic carbocycles. The van der Waals surface area contributed by atoms with Crippen molar-refractivity contribution in [3.8, 4) is 0 Å². The van der Waals surface area contributed by atoms with Gasteiger partial charge in [-0.25, -0.2) is 0 Å². The molecule has 0 bridgehead atoms. The summed E-state index contributed by atoms with van der Waals surface area (Å²) in [5.41, 5.74) is 3.10. The van der Waals surface area contributed by atoms with E-state index >= 15 is 0 Å². The molecule has 0 amide bonds. The van der Waals surface area contributed by atoms with E-state index in [-0.39, 0.29) is 0 Å². The van der Waals surface area contributed by atoms with Gasteiger partial charge in [0.15, 0.2) is 0 Å². The summed E-state index contributed by atoms with van der Waals surface area (Å²) in [4.78, 5) is 2.66.